The molecular weight excluding hydrogens is 360 g/mol. The third kappa shape index (κ3) is 2.75. The number of aliphatic carboxylic acids is 1. The van der Waals surface area contributed by atoms with Gasteiger partial charge < -0.3 is 14.8 Å². The highest BCUT2D eigenvalue weighted by Gasteiger charge is 2.43. The number of carbonyl (C=O) groups is 3. The SMILES string of the molecule is CCCN1C(=O)/C(=C2\SC(=S)N([C@H](C)C(=O)[O-])C2=O)c2ccccc21. The van der Waals surface area contributed by atoms with Crippen LogP contribution in [-0.4, -0.2) is 39.6 Å². The number of para-hydroxylation sites is 1. The molecule has 2 heterocycles. The van der Waals surface area contributed by atoms with E-state index in [0.717, 1.165) is 28.8 Å². The maximum atomic E-state index is 12.9. The average Bonchev–Trinajstić information content (AvgIpc) is 3.01. The molecule has 2 aliphatic heterocycles. The summed E-state index contributed by atoms with van der Waals surface area (Å²) in [6, 6.07) is 6.06. The van der Waals surface area contributed by atoms with Crippen molar-refractivity contribution in [3.63, 3.8) is 0 Å². The van der Waals surface area contributed by atoms with Gasteiger partial charge in [-0.25, -0.2) is 0 Å². The van der Waals surface area contributed by atoms with Crippen LogP contribution in [-0.2, 0) is 14.4 Å². The molecular formula is C17H15N2O4S2-. The van der Waals surface area contributed by atoms with Crippen LogP contribution in [0.5, 0.6) is 0 Å². The third-order valence-electron chi connectivity index (χ3n) is 4.12. The van der Waals surface area contributed by atoms with E-state index in [-0.39, 0.29) is 20.7 Å². The number of anilines is 1. The van der Waals surface area contributed by atoms with Gasteiger partial charge in [-0.3, -0.25) is 14.5 Å². The molecule has 0 unspecified atom stereocenters. The second kappa shape index (κ2) is 6.61. The van der Waals surface area contributed by atoms with Crippen LogP contribution in [0.2, 0.25) is 0 Å². The Morgan fingerprint density at radius 1 is 1.28 bits per heavy atom. The Kier molecular flexibility index (Phi) is 4.66. The molecule has 1 atom stereocenters. The molecule has 0 aromatic heterocycles. The average molecular weight is 375 g/mol. The zero-order chi connectivity index (χ0) is 18.3. The number of hydrogen-bond acceptors (Lipinski definition) is 6. The van der Waals surface area contributed by atoms with Gasteiger partial charge in [-0.1, -0.05) is 49.1 Å². The topological polar surface area (TPSA) is 80.8 Å². The molecule has 1 saturated heterocycles. The first-order valence-electron chi connectivity index (χ1n) is 7.80. The van der Waals surface area contributed by atoms with E-state index in [1.54, 1.807) is 17.0 Å². The molecule has 0 aliphatic carbocycles. The molecule has 3 rings (SSSR count). The Bertz CT molecular complexity index is 834. The Morgan fingerprint density at radius 2 is 1.96 bits per heavy atom. The minimum Gasteiger partial charge on any atom is -0.548 e. The number of thioether (sulfide) groups is 1. The number of hydrogen-bond donors (Lipinski definition) is 0. The largest absolute Gasteiger partial charge is 0.548 e. The summed E-state index contributed by atoms with van der Waals surface area (Å²) >= 11 is 6.12. The molecule has 1 aromatic carbocycles. The van der Waals surface area contributed by atoms with Crippen molar-refractivity contribution in [1.82, 2.24) is 4.90 Å². The first-order valence-corrected chi connectivity index (χ1v) is 9.02. The molecule has 8 heteroatoms. The van der Waals surface area contributed by atoms with Gasteiger partial charge in [0.15, 0.2) is 0 Å². The molecule has 0 saturated carbocycles. The van der Waals surface area contributed by atoms with E-state index in [1.807, 2.05) is 19.1 Å². The smallest absolute Gasteiger partial charge is 0.267 e. The van der Waals surface area contributed by atoms with Gasteiger partial charge in [0.25, 0.3) is 11.8 Å². The third-order valence-corrected chi connectivity index (χ3v) is 5.53. The van der Waals surface area contributed by atoms with E-state index < -0.39 is 17.9 Å². The van der Waals surface area contributed by atoms with Crippen molar-refractivity contribution in [3.05, 3.63) is 34.7 Å². The highest BCUT2D eigenvalue weighted by atomic mass is 32.2. The van der Waals surface area contributed by atoms with Crippen molar-refractivity contribution in [2.24, 2.45) is 0 Å². The Labute approximate surface area is 154 Å². The normalized spacial score (nSPS) is 21.1. The molecule has 1 aromatic rings. The highest BCUT2D eigenvalue weighted by Crippen LogP contribution is 2.44. The number of amides is 2. The van der Waals surface area contributed by atoms with Gasteiger partial charge in [0.2, 0.25) is 0 Å². The van der Waals surface area contributed by atoms with Crippen molar-refractivity contribution < 1.29 is 19.5 Å². The van der Waals surface area contributed by atoms with Crippen LogP contribution in [0, 0.1) is 0 Å². The minimum absolute atomic E-state index is 0.114. The predicted octanol–water partition coefficient (Wildman–Crippen LogP) is 1.15. The van der Waals surface area contributed by atoms with Crippen LogP contribution < -0.4 is 10.0 Å². The lowest BCUT2D eigenvalue weighted by atomic mass is 10.1. The summed E-state index contributed by atoms with van der Waals surface area (Å²) in [4.78, 5) is 39.6. The summed E-state index contributed by atoms with van der Waals surface area (Å²) < 4.78 is 0.114. The predicted molar refractivity (Wildman–Crippen MR) is 97.5 cm³/mol. The van der Waals surface area contributed by atoms with E-state index in [2.05, 4.69) is 0 Å². The van der Waals surface area contributed by atoms with Gasteiger partial charge in [0, 0.05) is 12.1 Å². The van der Waals surface area contributed by atoms with E-state index in [1.165, 1.54) is 6.92 Å². The summed E-state index contributed by atoms with van der Waals surface area (Å²) in [6.07, 6.45) is 0.774. The van der Waals surface area contributed by atoms with E-state index in [9.17, 15) is 19.5 Å². The van der Waals surface area contributed by atoms with Gasteiger partial charge in [-0.05, 0) is 19.4 Å². The van der Waals surface area contributed by atoms with Crippen LogP contribution in [0.25, 0.3) is 5.57 Å². The number of benzene rings is 1. The zero-order valence-corrected chi connectivity index (χ0v) is 15.3. The zero-order valence-electron chi connectivity index (χ0n) is 13.6. The lowest BCUT2D eigenvalue weighted by Gasteiger charge is -2.23. The number of fused-ring (bicyclic) bond motifs is 1. The summed E-state index contributed by atoms with van der Waals surface area (Å²) in [5, 5.41) is 11.1. The van der Waals surface area contributed by atoms with Crippen LogP contribution in [0.4, 0.5) is 5.69 Å². The maximum absolute atomic E-state index is 12.9. The number of carboxylic acids is 1. The molecule has 25 heavy (non-hydrogen) atoms. The van der Waals surface area contributed by atoms with E-state index >= 15 is 0 Å². The Balaban J connectivity index is 2.12. The van der Waals surface area contributed by atoms with Crippen LogP contribution in [0.3, 0.4) is 0 Å². The second-order valence-electron chi connectivity index (χ2n) is 5.72. The van der Waals surface area contributed by atoms with Crippen molar-refractivity contribution in [3.8, 4) is 0 Å². The van der Waals surface area contributed by atoms with Gasteiger partial charge >= 0.3 is 0 Å². The first kappa shape index (κ1) is 17.6. The lowest BCUT2D eigenvalue weighted by Crippen LogP contribution is -2.48. The number of nitrogens with zero attached hydrogens (tertiary/aromatic N) is 2. The molecule has 0 radical (unpaired) electrons. The molecule has 2 amide bonds. The van der Waals surface area contributed by atoms with Crippen LogP contribution in [0.1, 0.15) is 25.8 Å². The molecule has 0 bridgehead atoms. The fourth-order valence-corrected chi connectivity index (χ4v) is 4.40. The molecule has 130 valence electrons. The molecule has 6 nitrogen and oxygen atoms in total. The number of rotatable bonds is 4. The molecule has 2 aliphatic rings. The molecule has 0 N–H and O–H groups in total. The highest BCUT2D eigenvalue weighted by molar-refractivity contribution is 8.26. The summed E-state index contributed by atoms with van der Waals surface area (Å²) in [7, 11) is 0. The van der Waals surface area contributed by atoms with Crippen molar-refractivity contribution in [1.29, 1.82) is 0 Å². The molecule has 0 spiro atoms. The summed E-state index contributed by atoms with van der Waals surface area (Å²) in [5.74, 6) is -2.22. The quantitative estimate of drug-likeness (QED) is 0.580. The Morgan fingerprint density at radius 3 is 2.60 bits per heavy atom. The number of carboxylic acid groups (broad SMARTS) is 1. The van der Waals surface area contributed by atoms with Gasteiger partial charge in [-0.2, -0.15) is 0 Å². The fourth-order valence-electron chi connectivity index (χ4n) is 2.91. The van der Waals surface area contributed by atoms with Crippen LogP contribution in [0.15, 0.2) is 29.2 Å². The van der Waals surface area contributed by atoms with Crippen molar-refractivity contribution >= 4 is 57.3 Å². The van der Waals surface area contributed by atoms with Crippen LogP contribution >= 0.6 is 24.0 Å². The van der Waals surface area contributed by atoms with Crippen molar-refractivity contribution in [2.45, 2.75) is 26.3 Å². The standard InChI is InChI=1S/C17H16N2O4S2/c1-3-8-18-11-7-5-4-6-10(11)12(14(18)20)13-15(21)19(17(24)25-13)9(2)16(22)23/h4-7,9H,3,8H2,1-2H3,(H,22,23)/p-1/b13-12-/t9-/m1/s1. The lowest BCUT2D eigenvalue weighted by molar-refractivity contribution is -0.309. The Hall–Kier alpha value is -2.19. The van der Waals surface area contributed by atoms with E-state index in [4.69, 9.17) is 12.2 Å². The summed E-state index contributed by atoms with van der Waals surface area (Å²) in [6.45, 7) is 3.84. The van der Waals surface area contributed by atoms with Gasteiger partial charge in [0.1, 0.15) is 4.32 Å². The maximum Gasteiger partial charge on any atom is 0.267 e. The number of thiocarbonyl (C=S) groups is 1. The fraction of sp³-hybridized carbons (Fsp3) is 0.294. The first-order chi connectivity index (χ1) is 11.9. The van der Waals surface area contributed by atoms with Gasteiger partial charge in [0.05, 0.1) is 28.2 Å². The van der Waals surface area contributed by atoms with Crippen molar-refractivity contribution in [2.75, 3.05) is 11.4 Å². The monoisotopic (exact) mass is 375 g/mol. The summed E-state index contributed by atoms with van der Waals surface area (Å²) in [5.41, 5.74) is 1.71. The second-order valence-corrected chi connectivity index (χ2v) is 7.36. The van der Waals surface area contributed by atoms with Gasteiger partial charge in [-0.15, -0.1) is 0 Å². The van der Waals surface area contributed by atoms with E-state index in [0.29, 0.717) is 12.1 Å². The number of carbonyl (C=O) groups excluding carboxylic acids is 3. The minimum atomic E-state index is -1.40. The molecule has 1 fully saturated rings.